The van der Waals surface area contributed by atoms with Crippen LogP contribution < -0.4 is 11.5 Å². The van der Waals surface area contributed by atoms with Crippen LogP contribution in [0.15, 0.2) is 30.3 Å². The number of nitrogens with two attached hydrogens (primary N) is 2. The number of nitrogen functional groups attached to an aromatic ring is 1. The molecule has 0 aliphatic rings. The van der Waals surface area contributed by atoms with Crippen molar-refractivity contribution in [2.24, 2.45) is 5.73 Å². The van der Waals surface area contributed by atoms with E-state index in [4.69, 9.17) is 28.7 Å². The van der Waals surface area contributed by atoms with Crippen LogP contribution in [0.3, 0.4) is 0 Å². The van der Waals surface area contributed by atoms with E-state index < -0.39 is 0 Å². The van der Waals surface area contributed by atoms with Crippen LogP contribution in [0.2, 0.25) is 0 Å². The highest BCUT2D eigenvalue weighted by molar-refractivity contribution is 7.80. The predicted octanol–water partition coefficient (Wildman–Crippen LogP) is 3.50. The van der Waals surface area contributed by atoms with Crippen LogP contribution in [0.5, 0.6) is 0 Å². The average molecular weight is 324 g/mol. The van der Waals surface area contributed by atoms with Crippen molar-refractivity contribution in [3.8, 4) is 11.4 Å². The lowest BCUT2D eigenvalue weighted by Gasteiger charge is -2.10. The van der Waals surface area contributed by atoms with Crippen LogP contribution in [0.4, 0.5) is 5.69 Å². The van der Waals surface area contributed by atoms with E-state index in [2.05, 4.69) is 30.5 Å². The van der Waals surface area contributed by atoms with Gasteiger partial charge in [0.2, 0.25) is 0 Å². The number of anilines is 1. The molecular weight excluding hydrogens is 304 g/mol. The molecule has 3 aromatic rings. The zero-order valence-electron chi connectivity index (χ0n) is 13.6. The summed E-state index contributed by atoms with van der Waals surface area (Å²) < 4.78 is 2.06. The maximum absolute atomic E-state index is 6.06. The summed E-state index contributed by atoms with van der Waals surface area (Å²) in [7, 11) is 0. The fraction of sp³-hybridized carbons (Fsp3) is 0.222. The van der Waals surface area contributed by atoms with Crippen LogP contribution in [0.1, 0.15) is 16.7 Å². The smallest absolute Gasteiger partial charge is 0.141 e. The first-order valence-electron chi connectivity index (χ1n) is 7.49. The summed E-state index contributed by atoms with van der Waals surface area (Å²) in [6.07, 6.45) is 0. The molecule has 0 radical (unpaired) electrons. The molecule has 4 N–H and O–H groups in total. The summed E-state index contributed by atoms with van der Waals surface area (Å²) in [5.41, 5.74) is 19.1. The second-order valence-electron chi connectivity index (χ2n) is 5.98. The van der Waals surface area contributed by atoms with Gasteiger partial charge in [-0.05, 0) is 55.7 Å². The van der Waals surface area contributed by atoms with Gasteiger partial charge in [0.15, 0.2) is 0 Å². The average Bonchev–Trinajstić information content (AvgIpc) is 2.80. The first kappa shape index (κ1) is 15.5. The van der Waals surface area contributed by atoms with E-state index in [0.717, 1.165) is 33.7 Å². The van der Waals surface area contributed by atoms with Crippen LogP contribution >= 0.6 is 12.2 Å². The van der Waals surface area contributed by atoms with Gasteiger partial charge in [0.25, 0.3) is 0 Å². The van der Waals surface area contributed by atoms with E-state index >= 15 is 0 Å². The van der Waals surface area contributed by atoms with E-state index in [9.17, 15) is 0 Å². The van der Waals surface area contributed by atoms with Crippen LogP contribution in [-0.4, -0.2) is 14.5 Å². The van der Waals surface area contributed by atoms with E-state index in [1.807, 2.05) is 25.1 Å². The Morgan fingerprint density at radius 3 is 2.43 bits per heavy atom. The lowest BCUT2D eigenvalue weighted by atomic mass is 10.1. The number of imidazole rings is 1. The van der Waals surface area contributed by atoms with Crippen molar-refractivity contribution in [2.75, 3.05) is 5.73 Å². The molecule has 0 saturated heterocycles. The summed E-state index contributed by atoms with van der Waals surface area (Å²) in [5, 5.41) is 0. The molecule has 0 bridgehead atoms. The minimum absolute atomic E-state index is 0.434. The van der Waals surface area contributed by atoms with Gasteiger partial charge in [0.05, 0.1) is 22.6 Å². The quantitative estimate of drug-likeness (QED) is 0.571. The molecule has 3 rings (SSSR count). The Labute approximate surface area is 141 Å². The zero-order valence-corrected chi connectivity index (χ0v) is 14.4. The van der Waals surface area contributed by atoms with Crippen molar-refractivity contribution in [3.05, 3.63) is 47.0 Å². The van der Waals surface area contributed by atoms with Crippen molar-refractivity contribution in [2.45, 2.75) is 27.3 Å². The molecular formula is C18H20N4S. The van der Waals surface area contributed by atoms with Crippen LogP contribution in [0, 0.1) is 20.8 Å². The number of rotatable bonds is 3. The van der Waals surface area contributed by atoms with Gasteiger partial charge in [-0.1, -0.05) is 24.4 Å². The summed E-state index contributed by atoms with van der Waals surface area (Å²) >= 11 is 5.13. The molecule has 4 nitrogen and oxygen atoms in total. The lowest BCUT2D eigenvalue weighted by molar-refractivity contribution is 0.895. The van der Waals surface area contributed by atoms with Crippen molar-refractivity contribution in [3.63, 3.8) is 0 Å². The van der Waals surface area contributed by atoms with Crippen molar-refractivity contribution in [1.29, 1.82) is 0 Å². The molecule has 118 valence electrons. The number of aryl methyl sites for hydroxylation is 3. The topological polar surface area (TPSA) is 69.9 Å². The van der Waals surface area contributed by atoms with Crippen LogP contribution in [0.25, 0.3) is 22.4 Å². The first-order chi connectivity index (χ1) is 10.9. The maximum atomic E-state index is 6.06. The number of aromatic nitrogens is 2. The fourth-order valence-corrected chi connectivity index (χ4v) is 2.82. The van der Waals surface area contributed by atoms with E-state index in [-0.39, 0.29) is 0 Å². The highest BCUT2D eigenvalue weighted by Gasteiger charge is 2.15. The lowest BCUT2D eigenvalue weighted by Crippen LogP contribution is -2.17. The van der Waals surface area contributed by atoms with Gasteiger partial charge in [-0.3, -0.25) is 0 Å². The third kappa shape index (κ3) is 2.80. The Bertz CT molecular complexity index is 924. The van der Waals surface area contributed by atoms with Gasteiger partial charge >= 0.3 is 0 Å². The molecule has 0 unspecified atom stereocenters. The fourth-order valence-electron chi connectivity index (χ4n) is 2.70. The highest BCUT2D eigenvalue weighted by atomic mass is 32.1. The summed E-state index contributed by atoms with van der Waals surface area (Å²) in [5.74, 6) is 0.838. The minimum Gasteiger partial charge on any atom is -0.398 e. The van der Waals surface area contributed by atoms with Crippen LogP contribution in [-0.2, 0) is 6.54 Å². The van der Waals surface area contributed by atoms with Gasteiger partial charge in [0.1, 0.15) is 5.82 Å². The number of fused-ring (bicyclic) bond motifs is 1. The Hall–Kier alpha value is -2.40. The number of thiocarbonyl (C=S) groups is 1. The molecule has 0 saturated carbocycles. The largest absolute Gasteiger partial charge is 0.398 e. The Kier molecular flexibility index (Phi) is 3.82. The minimum atomic E-state index is 0.434. The molecule has 1 aromatic heterocycles. The molecule has 0 amide bonds. The number of hydrogen-bond donors (Lipinski definition) is 2. The number of nitrogens with zero attached hydrogens (tertiary/aromatic N) is 2. The normalized spacial score (nSPS) is 11.1. The SMILES string of the molecule is Cc1cc2nc(-c3ccc(C)c(N)c3)n(CC(N)=S)c2cc1C. The van der Waals surface area contributed by atoms with E-state index in [0.29, 0.717) is 11.5 Å². The second-order valence-corrected chi connectivity index (χ2v) is 6.51. The molecule has 0 atom stereocenters. The standard InChI is InChI=1S/C18H20N4S/c1-10-4-5-13(8-14(10)19)18-21-15-6-11(2)12(3)7-16(15)22(18)9-17(20)23/h4-8H,9,19H2,1-3H3,(H2,20,23). The molecule has 0 aliphatic heterocycles. The summed E-state index contributed by atoms with van der Waals surface area (Å²) in [4.78, 5) is 5.24. The molecule has 0 aliphatic carbocycles. The summed E-state index contributed by atoms with van der Waals surface area (Å²) in [6.45, 7) is 6.63. The Balaban J connectivity index is 2.29. The van der Waals surface area contributed by atoms with Gasteiger partial charge < -0.3 is 16.0 Å². The Morgan fingerprint density at radius 2 is 1.78 bits per heavy atom. The van der Waals surface area contributed by atoms with Gasteiger partial charge in [-0.2, -0.15) is 0 Å². The molecule has 2 aromatic carbocycles. The van der Waals surface area contributed by atoms with Crippen molar-refractivity contribution >= 4 is 33.9 Å². The van der Waals surface area contributed by atoms with E-state index in [1.54, 1.807) is 0 Å². The van der Waals surface area contributed by atoms with Crippen molar-refractivity contribution < 1.29 is 0 Å². The van der Waals surface area contributed by atoms with Crippen molar-refractivity contribution in [1.82, 2.24) is 9.55 Å². The molecule has 23 heavy (non-hydrogen) atoms. The zero-order chi connectivity index (χ0) is 16.7. The summed E-state index contributed by atoms with van der Waals surface area (Å²) in [6, 6.07) is 10.2. The third-order valence-corrected chi connectivity index (χ3v) is 4.34. The predicted molar refractivity (Wildman–Crippen MR) is 101 cm³/mol. The molecule has 0 spiro atoms. The van der Waals surface area contributed by atoms with E-state index in [1.165, 1.54) is 11.1 Å². The van der Waals surface area contributed by atoms with Gasteiger partial charge in [-0.25, -0.2) is 4.98 Å². The molecule has 0 fully saturated rings. The molecule has 5 heteroatoms. The Morgan fingerprint density at radius 1 is 1.09 bits per heavy atom. The third-order valence-electron chi connectivity index (χ3n) is 4.22. The van der Waals surface area contributed by atoms with Gasteiger partial charge in [0, 0.05) is 11.3 Å². The maximum Gasteiger partial charge on any atom is 0.141 e. The number of benzene rings is 2. The monoisotopic (exact) mass is 324 g/mol. The van der Waals surface area contributed by atoms with Gasteiger partial charge in [-0.15, -0.1) is 0 Å². The highest BCUT2D eigenvalue weighted by Crippen LogP contribution is 2.28. The first-order valence-corrected chi connectivity index (χ1v) is 7.90. The molecule has 1 heterocycles. The number of hydrogen-bond acceptors (Lipinski definition) is 3. The second kappa shape index (κ2) is 5.66.